The maximum absolute atomic E-state index is 13.1. The Hall–Kier alpha value is -0.860. The molecular weight excluding hydrogens is 279 g/mol. The van der Waals surface area contributed by atoms with Crippen LogP contribution in [0.4, 0.5) is 4.39 Å². The lowest BCUT2D eigenvalue weighted by Crippen LogP contribution is -2.07. The molecule has 0 saturated carbocycles. The lowest BCUT2D eigenvalue weighted by molar-refractivity contribution is 0.604. The van der Waals surface area contributed by atoms with Crippen molar-refractivity contribution >= 4 is 22.9 Å². The summed E-state index contributed by atoms with van der Waals surface area (Å²) in [6.45, 7) is 6.58. The van der Waals surface area contributed by atoms with Crippen LogP contribution in [0.25, 0.3) is 0 Å². The van der Waals surface area contributed by atoms with Gasteiger partial charge >= 0.3 is 0 Å². The zero-order valence-corrected chi connectivity index (χ0v) is 13.0. The quantitative estimate of drug-likeness (QED) is 0.637. The lowest BCUT2D eigenvalue weighted by Gasteiger charge is -2.15. The van der Waals surface area contributed by atoms with Crippen molar-refractivity contribution in [1.29, 1.82) is 0 Å². The molecule has 0 aliphatic heterocycles. The molecule has 1 heterocycles. The van der Waals surface area contributed by atoms with E-state index >= 15 is 0 Å². The summed E-state index contributed by atoms with van der Waals surface area (Å²) in [5.41, 5.74) is 1.09. The fraction of sp³-hybridized carbons (Fsp3) is 0.375. The molecule has 1 aromatic heterocycles. The maximum atomic E-state index is 13.1. The van der Waals surface area contributed by atoms with Crippen LogP contribution in [0.15, 0.2) is 36.4 Å². The molecule has 2 rings (SSSR count). The zero-order valence-electron chi connectivity index (χ0n) is 11.4. The standard InChI is InChI=1S/C16H18ClFS/c1-16(2,3)15-8-7-14(19-15)13(17)10-11-5-4-6-12(18)9-11/h4-9,13H,10H2,1-3H3. The van der Waals surface area contributed by atoms with E-state index in [9.17, 15) is 4.39 Å². The van der Waals surface area contributed by atoms with E-state index < -0.39 is 0 Å². The molecule has 0 aliphatic carbocycles. The summed E-state index contributed by atoms with van der Waals surface area (Å²) in [6, 6.07) is 10.9. The Labute approximate surface area is 123 Å². The second kappa shape index (κ2) is 5.64. The second-order valence-corrected chi connectivity index (χ2v) is 7.40. The summed E-state index contributed by atoms with van der Waals surface area (Å²) in [6.07, 6.45) is 0.656. The fourth-order valence-electron chi connectivity index (χ4n) is 1.90. The van der Waals surface area contributed by atoms with E-state index in [1.165, 1.54) is 10.9 Å². The topological polar surface area (TPSA) is 0 Å². The van der Waals surface area contributed by atoms with Crippen LogP contribution in [0.2, 0.25) is 0 Å². The Morgan fingerprint density at radius 2 is 1.95 bits per heavy atom. The van der Waals surface area contributed by atoms with Gasteiger partial charge in [0, 0.05) is 9.75 Å². The molecule has 102 valence electrons. The van der Waals surface area contributed by atoms with Gasteiger partial charge in [0.05, 0.1) is 5.38 Å². The molecular formula is C16H18ClFS. The van der Waals surface area contributed by atoms with Gasteiger partial charge in [0.25, 0.3) is 0 Å². The molecule has 0 aliphatic rings. The van der Waals surface area contributed by atoms with E-state index in [0.717, 1.165) is 10.4 Å². The number of rotatable bonds is 3. The van der Waals surface area contributed by atoms with Crippen LogP contribution in [0, 0.1) is 5.82 Å². The molecule has 3 heteroatoms. The minimum atomic E-state index is -0.206. The Morgan fingerprint density at radius 1 is 1.21 bits per heavy atom. The first-order valence-electron chi connectivity index (χ1n) is 6.35. The van der Waals surface area contributed by atoms with Crippen molar-refractivity contribution in [2.45, 2.75) is 38.0 Å². The van der Waals surface area contributed by atoms with Crippen LogP contribution in [-0.2, 0) is 11.8 Å². The summed E-state index contributed by atoms with van der Waals surface area (Å²) in [5, 5.41) is -0.0945. The monoisotopic (exact) mass is 296 g/mol. The number of benzene rings is 1. The van der Waals surface area contributed by atoms with Gasteiger partial charge in [0.2, 0.25) is 0 Å². The van der Waals surface area contributed by atoms with Crippen molar-refractivity contribution in [3.8, 4) is 0 Å². The highest BCUT2D eigenvalue weighted by atomic mass is 35.5. The average molecular weight is 297 g/mol. The average Bonchev–Trinajstić information content (AvgIpc) is 2.77. The van der Waals surface area contributed by atoms with Crippen LogP contribution in [-0.4, -0.2) is 0 Å². The van der Waals surface area contributed by atoms with Gasteiger partial charge in [-0.05, 0) is 41.7 Å². The number of thiophene rings is 1. The molecule has 0 spiro atoms. The summed E-state index contributed by atoms with van der Waals surface area (Å²) >= 11 is 8.19. The highest BCUT2D eigenvalue weighted by molar-refractivity contribution is 7.12. The predicted octanol–water partition coefficient (Wildman–Crippen LogP) is 5.71. The number of hydrogen-bond donors (Lipinski definition) is 0. The highest BCUT2D eigenvalue weighted by Crippen LogP contribution is 2.36. The minimum Gasteiger partial charge on any atom is -0.207 e. The molecule has 0 fully saturated rings. The highest BCUT2D eigenvalue weighted by Gasteiger charge is 2.19. The lowest BCUT2D eigenvalue weighted by atomic mass is 9.95. The summed E-state index contributed by atoms with van der Waals surface area (Å²) in [4.78, 5) is 2.48. The first-order valence-corrected chi connectivity index (χ1v) is 7.60. The largest absolute Gasteiger partial charge is 0.207 e. The first kappa shape index (κ1) is 14.5. The Kier molecular flexibility index (Phi) is 4.32. The Bertz CT molecular complexity index is 554. The molecule has 1 unspecified atom stereocenters. The summed E-state index contributed by atoms with van der Waals surface area (Å²) in [7, 11) is 0. The van der Waals surface area contributed by atoms with Crippen LogP contribution >= 0.6 is 22.9 Å². The minimum absolute atomic E-state index is 0.0945. The molecule has 19 heavy (non-hydrogen) atoms. The van der Waals surface area contributed by atoms with Crippen molar-refractivity contribution in [3.05, 3.63) is 57.5 Å². The zero-order chi connectivity index (χ0) is 14.0. The third-order valence-electron chi connectivity index (χ3n) is 2.98. The van der Waals surface area contributed by atoms with Crippen LogP contribution in [0.5, 0.6) is 0 Å². The third-order valence-corrected chi connectivity index (χ3v) is 5.12. The maximum Gasteiger partial charge on any atom is 0.123 e. The molecule has 0 nitrogen and oxygen atoms in total. The molecule has 1 aromatic carbocycles. The van der Waals surface area contributed by atoms with Crippen LogP contribution in [0.1, 0.15) is 41.5 Å². The van der Waals surface area contributed by atoms with Gasteiger partial charge < -0.3 is 0 Å². The van der Waals surface area contributed by atoms with Crippen LogP contribution < -0.4 is 0 Å². The second-order valence-electron chi connectivity index (χ2n) is 5.75. The van der Waals surface area contributed by atoms with Gasteiger partial charge in [-0.1, -0.05) is 32.9 Å². The fourth-order valence-corrected chi connectivity index (χ4v) is 3.32. The van der Waals surface area contributed by atoms with E-state index in [0.29, 0.717) is 6.42 Å². The van der Waals surface area contributed by atoms with Crippen molar-refractivity contribution < 1.29 is 4.39 Å². The predicted molar refractivity (Wildman–Crippen MR) is 81.7 cm³/mol. The molecule has 2 aromatic rings. The van der Waals surface area contributed by atoms with Gasteiger partial charge in [0.1, 0.15) is 5.82 Å². The van der Waals surface area contributed by atoms with Crippen molar-refractivity contribution in [2.24, 2.45) is 0 Å². The normalized spacial score (nSPS) is 13.5. The Balaban J connectivity index is 2.12. The van der Waals surface area contributed by atoms with Crippen molar-refractivity contribution in [2.75, 3.05) is 0 Å². The van der Waals surface area contributed by atoms with Gasteiger partial charge in [-0.15, -0.1) is 22.9 Å². The molecule has 0 radical (unpaired) electrons. The number of hydrogen-bond acceptors (Lipinski definition) is 1. The van der Waals surface area contributed by atoms with E-state index in [-0.39, 0.29) is 16.6 Å². The Morgan fingerprint density at radius 3 is 2.53 bits per heavy atom. The first-order chi connectivity index (χ1) is 8.86. The molecule has 0 saturated heterocycles. The SMILES string of the molecule is CC(C)(C)c1ccc(C(Cl)Cc2cccc(F)c2)s1. The van der Waals surface area contributed by atoms with E-state index in [4.69, 9.17) is 11.6 Å². The smallest absolute Gasteiger partial charge is 0.123 e. The van der Waals surface area contributed by atoms with E-state index in [1.54, 1.807) is 23.5 Å². The molecule has 0 bridgehead atoms. The van der Waals surface area contributed by atoms with E-state index in [1.807, 2.05) is 6.07 Å². The number of halogens is 2. The van der Waals surface area contributed by atoms with Crippen molar-refractivity contribution in [3.63, 3.8) is 0 Å². The molecule has 0 N–H and O–H groups in total. The van der Waals surface area contributed by atoms with E-state index in [2.05, 4.69) is 32.9 Å². The molecule has 0 amide bonds. The van der Waals surface area contributed by atoms with Crippen molar-refractivity contribution in [1.82, 2.24) is 0 Å². The number of alkyl halides is 1. The van der Waals surface area contributed by atoms with Gasteiger partial charge in [-0.25, -0.2) is 4.39 Å². The third kappa shape index (κ3) is 3.80. The summed E-state index contributed by atoms with van der Waals surface area (Å²) < 4.78 is 13.1. The molecule has 1 atom stereocenters. The van der Waals surface area contributed by atoms with Gasteiger partial charge in [0.15, 0.2) is 0 Å². The van der Waals surface area contributed by atoms with Crippen LogP contribution in [0.3, 0.4) is 0 Å². The van der Waals surface area contributed by atoms with Gasteiger partial charge in [-0.3, -0.25) is 0 Å². The van der Waals surface area contributed by atoms with Gasteiger partial charge in [-0.2, -0.15) is 0 Å². The summed E-state index contributed by atoms with van der Waals surface area (Å²) in [5.74, 6) is -0.206.